The van der Waals surface area contributed by atoms with E-state index in [0.29, 0.717) is 0 Å². The van der Waals surface area contributed by atoms with Gasteiger partial charge in [-0.15, -0.1) is 0 Å². The molecule has 57 valence electrons. The molecular formula is C10H17. The third-order valence-corrected chi connectivity index (χ3v) is 1.66. The van der Waals surface area contributed by atoms with Gasteiger partial charge < -0.3 is 0 Å². The maximum atomic E-state index is 6.67. The maximum Gasteiger partial charge on any atom is 0.00989 e. The maximum absolute atomic E-state index is 6.67. The molecule has 1 radical (unpaired) electrons. The quantitative estimate of drug-likeness (QED) is 0.389. The third-order valence-electron chi connectivity index (χ3n) is 1.66. The Morgan fingerprint density at radius 2 is 1.60 bits per heavy atom. The summed E-state index contributed by atoms with van der Waals surface area (Å²) in [6.07, 6.45) is 15.4. The highest BCUT2D eigenvalue weighted by molar-refractivity contribution is 4.74. The Balaban J connectivity index is 2.72. The summed E-state index contributed by atoms with van der Waals surface area (Å²) in [5.74, 6) is 2.41. The fraction of sp³-hybridized carbons (Fsp3) is 0.800. The van der Waals surface area contributed by atoms with Gasteiger partial charge in [-0.25, -0.2) is 0 Å². The number of hydrogen-bond donors (Lipinski definition) is 0. The fourth-order valence-corrected chi connectivity index (χ4v) is 0.994. The van der Waals surface area contributed by atoms with E-state index in [4.69, 9.17) is 6.42 Å². The van der Waals surface area contributed by atoms with E-state index in [0.717, 1.165) is 12.8 Å². The van der Waals surface area contributed by atoms with Crippen molar-refractivity contribution in [1.29, 1.82) is 0 Å². The lowest BCUT2D eigenvalue weighted by molar-refractivity contribution is 0.614. The highest BCUT2D eigenvalue weighted by Crippen LogP contribution is 2.05. The fourth-order valence-electron chi connectivity index (χ4n) is 0.994. The van der Waals surface area contributed by atoms with Crippen LogP contribution in [0, 0.1) is 12.3 Å². The second kappa shape index (κ2) is 8.56. The van der Waals surface area contributed by atoms with Crippen LogP contribution in [-0.4, -0.2) is 0 Å². The first-order chi connectivity index (χ1) is 4.91. The molecule has 10 heavy (non-hydrogen) atoms. The monoisotopic (exact) mass is 137 g/mol. The van der Waals surface area contributed by atoms with E-state index >= 15 is 0 Å². The van der Waals surface area contributed by atoms with Crippen LogP contribution in [0.5, 0.6) is 0 Å². The van der Waals surface area contributed by atoms with Crippen LogP contribution in [0.25, 0.3) is 0 Å². The predicted octanol–water partition coefficient (Wildman–Crippen LogP) is 3.33. The molecule has 0 N–H and O–H groups in total. The third kappa shape index (κ3) is 7.56. The average Bonchev–Trinajstić information content (AvgIpc) is 1.97. The van der Waals surface area contributed by atoms with E-state index in [2.05, 4.69) is 12.8 Å². The summed E-state index contributed by atoms with van der Waals surface area (Å²) in [6.45, 7) is 2.23. The lowest BCUT2D eigenvalue weighted by atomic mass is 10.1. The molecule has 0 bridgehead atoms. The van der Waals surface area contributed by atoms with E-state index in [1.807, 2.05) is 0 Å². The molecule has 0 nitrogen and oxygen atoms in total. The van der Waals surface area contributed by atoms with Crippen LogP contribution < -0.4 is 0 Å². The summed E-state index contributed by atoms with van der Waals surface area (Å²) < 4.78 is 0. The SMILES string of the molecule is [C]#CCCCCCCCC. The van der Waals surface area contributed by atoms with Crippen LogP contribution in [0.2, 0.25) is 0 Å². The molecule has 0 aliphatic rings. The van der Waals surface area contributed by atoms with Gasteiger partial charge in [0.25, 0.3) is 0 Å². The first-order valence-electron chi connectivity index (χ1n) is 4.31. The highest BCUT2D eigenvalue weighted by atomic mass is 13.9. The van der Waals surface area contributed by atoms with Crippen LogP contribution >= 0.6 is 0 Å². The summed E-state index contributed by atoms with van der Waals surface area (Å²) in [5, 5.41) is 0. The van der Waals surface area contributed by atoms with Gasteiger partial charge in [0.15, 0.2) is 0 Å². The molecule has 0 aromatic heterocycles. The van der Waals surface area contributed by atoms with Crippen molar-refractivity contribution < 1.29 is 0 Å². The molecule has 0 atom stereocenters. The summed E-state index contributed by atoms with van der Waals surface area (Å²) in [5.41, 5.74) is 0. The number of hydrogen-bond acceptors (Lipinski definition) is 0. The Bertz CT molecular complexity index is 86.7. The molecule has 0 rings (SSSR count). The van der Waals surface area contributed by atoms with Crippen LogP contribution in [-0.2, 0) is 0 Å². The summed E-state index contributed by atoms with van der Waals surface area (Å²) >= 11 is 0. The van der Waals surface area contributed by atoms with Gasteiger partial charge in [0.1, 0.15) is 0 Å². The summed E-state index contributed by atoms with van der Waals surface area (Å²) in [4.78, 5) is 0. The molecule has 0 spiro atoms. The van der Waals surface area contributed by atoms with Crippen molar-refractivity contribution in [3.8, 4) is 5.92 Å². The standard InChI is InChI=1S/C10H17/c1-3-5-7-9-10-8-6-4-2/h3,5-10H2,1H3. The van der Waals surface area contributed by atoms with Gasteiger partial charge in [-0.2, -0.15) is 0 Å². The Morgan fingerprint density at radius 1 is 1.00 bits per heavy atom. The van der Waals surface area contributed by atoms with E-state index in [9.17, 15) is 0 Å². The molecule has 0 aliphatic carbocycles. The summed E-state index contributed by atoms with van der Waals surface area (Å²) in [7, 11) is 0. The van der Waals surface area contributed by atoms with Crippen molar-refractivity contribution in [2.75, 3.05) is 0 Å². The second-order valence-corrected chi connectivity index (χ2v) is 2.69. The van der Waals surface area contributed by atoms with Crippen LogP contribution in [0.4, 0.5) is 0 Å². The van der Waals surface area contributed by atoms with Gasteiger partial charge in [-0.05, 0) is 12.8 Å². The molecule has 0 unspecified atom stereocenters. The Hall–Kier alpha value is -0.440. The Labute approximate surface area is 65.0 Å². The molecule has 0 aromatic carbocycles. The highest BCUT2D eigenvalue weighted by Gasteiger charge is 1.86. The van der Waals surface area contributed by atoms with Gasteiger partial charge in [0.05, 0.1) is 0 Å². The minimum Gasteiger partial charge on any atom is -0.0891 e. The Morgan fingerprint density at radius 3 is 2.20 bits per heavy atom. The lowest BCUT2D eigenvalue weighted by Gasteiger charge is -1.95. The number of rotatable bonds is 6. The summed E-state index contributed by atoms with van der Waals surface area (Å²) in [6, 6.07) is 0. The first-order valence-corrected chi connectivity index (χ1v) is 4.31. The molecule has 0 heteroatoms. The zero-order chi connectivity index (χ0) is 7.66. The zero-order valence-corrected chi connectivity index (χ0v) is 6.95. The van der Waals surface area contributed by atoms with E-state index in [1.165, 1.54) is 32.1 Å². The number of unbranched alkanes of at least 4 members (excludes halogenated alkanes) is 6. The normalized spacial score (nSPS) is 9.20. The predicted molar refractivity (Wildman–Crippen MR) is 45.1 cm³/mol. The molecule has 0 saturated heterocycles. The largest absolute Gasteiger partial charge is 0.0891 e. The molecule has 0 amide bonds. The topological polar surface area (TPSA) is 0 Å². The lowest BCUT2D eigenvalue weighted by Crippen LogP contribution is -1.77. The van der Waals surface area contributed by atoms with Crippen molar-refractivity contribution in [3.05, 3.63) is 6.42 Å². The molecule has 0 heterocycles. The van der Waals surface area contributed by atoms with E-state index in [1.54, 1.807) is 0 Å². The van der Waals surface area contributed by atoms with Gasteiger partial charge in [0.2, 0.25) is 0 Å². The average molecular weight is 137 g/mol. The van der Waals surface area contributed by atoms with Gasteiger partial charge >= 0.3 is 0 Å². The van der Waals surface area contributed by atoms with Crippen molar-refractivity contribution in [1.82, 2.24) is 0 Å². The van der Waals surface area contributed by atoms with E-state index < -0.39 is 0 Å². The molecule has 0 aromatic rings. The van der Waals surface area contributed by atoms with E-state index in [-0.39, 0.29) is 0 Å². The van der Waals surface area contributed by atoms with Crippen molar-refractivity contribution >= 4 is 0 Å². The van der Waals surface area contributed by atoms with Crippen molar-refractivity contribution in [2.45, 2.75) is 51.9 Å². The zero-order valence-electron chi connectivity index (χ0n) is 6.95. The van der Waals surface area contributed by atoms with Crippen LogP contribution in [0.1, 0.15) is 51.9 Å². The molecular weight excluding hydrogens is 120 g/mol. The smallest absolute Gasteiger partial charge is 0.00989 e. The first kappa shape index (κ1) is 9.56. The van der Waals surface area contributed by atoms with Crippen LogP contribution in [0.3, 0.4) is 0 Å². The molecule has 0 aliphatic heterocycles. The van der Waals surface area contributed by atoms with Gasteiger partial charge in [-0.3, -0.25) is 0 Å². The Kier molecular flexibility index (Phi) is 8.18. The van der Waals surface area contributed by atoms with Crippen LogP contribution in [0.15, 0.2) is 0 Å². The van der Waals surface area contributed by atoms with Crippen molar-refractivity contribution in [3.63, 3.8) is 0 Å². The molecule has 0 fully saturated rings. The molecule has 0 saturated carbocycles. The minimum absolute atomic E-state index is 0.853. The van der Waals surface area contributed by atoms with Gasteiger partial charge in [0, 0.05) is 6.42 Å². The second-order valence-electron chi connectivity index (χ2n) is 2.69. The van der Waals surface area contributed by atoms with Crippen molar-refractivity contribution in [2.24, 2.45) is 0 Å². The van der Waals surface area contributed by atoms with Gasteiger partial charge in [-0.1, -0.05) is 44.9 Å². The minimum atomic E-state index is 0.853.